The van der Waals surface area contributed by atoms with Crippen LogP contribution in [-0.4, -0.2) is 4.98 Å². The Morgan fingerprint density at radius 1 is 1.53 bits per heavy atom. The van der Waals surface area contributed by atoms with Crippen molar-refractivity contribution in [1.82, 2.24) is 10.4 Å². The number of nitrogens with zero attached hydrogens (tertiary/aromatic N) is 1. The van der Waals surface area contributed by atoms with E-state index in [-0.39, 0.29) is 6.04 Å². The van der Waals surface area contributed by atoms with Gasteiger partial charge in [0.25, 0.3) is 0 Å². The van der Waals surface area contributed by atoms with Crippen LogP contribution in [-0.2, 0) is 0 Å². The zero-order chi connectivity index (χ0) is 11.1. The van der Waals surface area contributed by atoms with Gasteiger partial charge in [0.2, 0.25) is 0 Å². The van der Waals surface area contributed by atoms with E-state index >= 15 is 0 Å². The molecule has 3 heteroatoms. The van der Waals surface area contributed by atoms with Crippen LogP contribution < -0.4 is 11.3 Å². The van der Waals surface area contributed by atoms with Crippen LogP contribution in [0.15, 0.2) is 18.5 Å². The van der Waals surface area contributed by atoms with Gasteiger partial charge < -0.3 is 0 Å². The van der Waals surface area contributed by atoms with Gasteiger partial charge in [0, 0.05) is 24.9 Å². The molecule has 80 valence electrons. The molecule has 1 atom stereocenters. The van der Waals surface area contributed by atoms with Gasteiger partial charge in [0.1, 0.15) is 0 Å². The van der Waals surface area contributed by atoms with Gasteiger partial charge in [-0.15, -0.1) is 11.8 Å². The molecule has 0 radical (unpaired) electrons. The summed E-state index contributed by atoms with van der Waals surface area (Å²) in [4.78, 5) is 4.15. The number of nitrogens with two attached hydrogens (primary N) is 1. The molecule has 0 spiro atoms. The Morgan fingerprint density at radius 3 is 2.93 bits per heavy atom. The molecule has 1 aromatic heterocycles. The van der Waals surface area contributed by atoms with Crippen molar-refractivity contribution in [1.29, 1.82) is 0 Å². The predicted molar refractivity (Wildman–Crippen MR) is 61.7 cm³/mol. The van der Waals surface area contributed by atoms with Crippen LogP contribution in [0.1, 0.15) is 36.9 Å². The Kier molecular flexibility index (Phi) is 4.82. The highest BCUT2D eigenvalue weighted by atomic mass is 15.2. The van der Waals surface area contributed by atoms with E-state index in [0.717, 1.165) is 24.0 Å². The number of rotatable bonds is 4. The molecule has 0 aromatic carbocycles. The van der Waals surface area contributed by atoms with E-state index in [1.54, 1.807) is 0 Å². The van der Waals surface area contributed by atoms with E-state index < -0.39 is 0 Å². The van der Waals surface area contributed by atoms with Crippen LogP contribution in [0.3, 0.4) is 0 Å². The first-order chi connectivity index (χ1) is 7.27. The van der Waals surface area contributed by atoms with E-state index in [2.05, 4.69) is 28.3 Å². The summed E-state index contributed by atoms with van der Waals surface area (Å²) >= 11 is 0. The van der Waals surface area contributed by atoms with Gasteiger partial charge in [-0.05, 0) is 31.4 Å². The van der Waals surface area contributed by atoms with Gasteiger partial charge in [-0.2, -0.15) is 0 Å². The summed E-state index contributed by atoms with van der Waals surface area (Å²) in [5.41, 5.74) is 5.06. The molecule has 1 rings (SSSR count). The van der Waals surface area contributed by atoms with Crippen LogP contribution in [0.25, 0.3) is 0 Å². The first-order valence-electron chi connectivity index (χ1n) is 5.05. The Bertz CT molecular complexity index is 363. The molecule has 0 saturated heterocycles. The summed E-state index contributed by atoms with van der Waals surface area (Å²) in [6.45, 7) is 3.87. The number of aryl methyl sites for hydroxylation is 1. The molecule has 0 aliphatic carbocycles. The maximum atomic E-state index is 5.51. The largest absolute Gasteiger partial charge is 0.271 e. The van der Waals surface area contributed by atoms with Crippen LogP contribution in [0, 0.1) is 18.8 Å². The number of aromatic nitrogens is 1. The number of hydrogen-bond donors (Lipinski definition) is 2. The van der Waals surface area contributed by atoms with E-state index in [1.165, 1.54) is 0 Å². The van der Waals surface area contributed by atoms with E-state index in [0.29, 0.717) is 0 Å². The first-order valence-corrected chi connectivity index (χ1v) is 5.05. The molecular formula is C12H17N3. The summed E-state index contributed by atoms with van der Waals surface area (Å²) in [7, 11) is 0. The molecule has 0 aliphatic heterocycles. The molecule has 0 amide bonds. The summed E-state index contributed by atoms with van der Waals surface area (Å²) in [6, 6.07) is 2.23. The molecule has 3 nitrogen and oxygen atoms in total. The highest BCUT2D eigenvalue weighted by Gasteiger charge is 2.08. The summed E-state index contributed by atoms with van der Waals surface area (Å²) in [6.07, 6.45) is 5.43. The monoisotopic (exact) mass is 203 g/mol. The standard InChI is InChI=1S/C12H17N3/c1-3-4-5-6-12(15-13)11-7-10(2)8-14-9-11/h7-9,12,15H,5-6,13H2,1-2H3. The topological polar surface area (TPSA) is 50.9 Å². The lowest BCUT2D eigenvalue weighted by atomic mass is 10.0. The lowest BCUT2D eigenvalue weighted by Crippen LogP contribution is -2.28. The van der Waals surface area contributed by atoms with Gasteiger partial charge in [-0.3, -0.25) is 16.3 Å². The lowest BCUT2D eigenvalue weighted by molar-refractivity contribution is 0.522. The molecule has 0 saturated carbocycles. The lowest BCUT2D eigenvalue weighted by Gasteiger charge is -2.14. The SMILES string of the molecule is CC#CCCC(NN)c1cncc(C)c1. The maximum absolute atomic E-state index is 5.51. The third-order valence-electron chi connectivity index (χ3n) is 2.23. The van der Waals surface area contributed by atoms with Gasteiger partial charge in [-0.25, -0.2) is 0 Å². The quantitative estimate of drug-likeness (QED) is 0.445. The van der Waals surface area contributed by atoms with Crippen molar-refractivity contribution in [3.63, 3.8) is 0 Å². The minimum absolute atomic E-state index is 0.137. The van der Waals surface area contributed by atoms with E-state index in [1.807, 2.05) is 26.2 Å². The zero-order valence-electron chi connectivity index (χ0n) is 9.25. The fourth-order valence-electron chi connectivity index (χ4n) is 1.46. The zero-order valence-corrected chi connectivity index (χ0v) is 9.25. The predicted octanol–water partition coefficient (Wildman–Crippen LogP) is 1.70. The average Bonchev–Trinajstić information content (AvgIpc) is 2.24. The summed E-state index contributed by atoms with van der Waals surface area (Å²) < 4.78 is 0. The average molecular weight is 203 g/mol. The number of nitrogens with one attached hydrogen (secondary N) is 1. The Labute approximate surface area is 91.1 Å². The fraction of sp³-hybridized carbons (Fsp3) is 0.417. The normalized spacial score (nSPS) is 11.7. The Morgan fingerprint density at radius 2 is 2.33 bits per heavy atom. The summed E-state index contributed by atoms with van der Waals surface area (Å²) in [5, 5.41) is 0. The molecule has 0 fully saturated rings. The molecule has 1 aromatic rings. The highest BCUT2D eigenvalue weighted by Crippen LogP contribution is 2.17. The molecule has 3 N–H and O–H groups in total. The fourth-order valence-corrected chi connectivity index (χ4v) is 1.46. The van der Waals surface area contributed by atoms with E-state index in [9.17, 15) is 0 Å². The molecular weight excluding hydrogens is 186 g/mol. The van der Waals surface area contributed by atoms with Crippen LogP contribution in [0.4, 0.5) is 0 Å². The number of hydrazine groups is 1. The highest BCUT2D eigenvalue weighted by molar-refractivity contribution is 5.20. The minimum atomic E-state index is 0.137. The van der Waals surface area contributed by atoms with Crippen molar-refractivity contribution in [3.8, 4) is 11.8 Å². The van der Waals surface area contributed by atoms with Gasteiger partial charge >= 0.3 is 0 Å². The van der Waals surface area contributed by atoms with Crippen molar-refractivity contribution in [2.75, 3.05) is 0 Å². The summed E-state index contributed by atoms with van der Waals surface area (Å²) in [5.74, 6) is 11.4. The van der Waals surface area contributed by atoms with Gasteiger partial charge in [0.05, 0.1) is 0 Å². The molecule has 0 bridgehead atoms. The third kappa shape index (κ3) is 3.70. The minimum Gasteiger partial charge on any atom is -0.271 e. The van der Waals surface area contributed by atoms with Crippen molar-refractivity contribution in [2.45, 2.75) is 32.7 Å². The van der Waals surface area contributed by atoms with E-state index in [4.69, 9.17) is 5.84 Å². The van der Waals surface area contributed by atoms with Crippen molar-refractivity contribution in [3.05, 3.63) is 29.6 Å². The van der Waals surface area contributed by atoms with Gasteiger partial charge in [0.15, 0.2) is 0 Å². The second kappa shape index (κ2) is 6.18. The second-order valence-electron chi connectivity index (χ2n) is 3.48. The van der Waals surface area contributed by atoms with Crippen molar-refractivity contribution in [2.24, 2.45) is 5.84 Å². The Hall–Kier alpha value is -1.37. The Balaban J connectivity index is 2.68. The third-order valence-corrected chi connectivity index (χ3v) is 2.23. The van der Waals surface area contributed by atoms with Crippen LogP contribution in [0.2, 0.25) is 0 Å². The molecule has 0 aliphatic rings. The molecule has 15 heavy (non-hydrogen) atoms. The van der Waals surface area contributed by atoms with Crippen LogP contribution in [0.5, 0.6) is 0 Å². The second-order valence-corrected chi connectivity index (χ2v) is 3.48. The number of hydrogen-bond acceptors (Lipinski definition) is 3. The smallest absolute Gasteiger partial charge is 0.0484 e. The molecule has 1 unspecified atom stereocenters. The van der Waals surface area contributed by atoms with Crippen LogP contribution >= 0.6 is 0 Å². The maximum Gasteiger partial charge on any atom is 0.0484 e. The van der Waals surface area contributed by atoms with Crippen molar-refractivity contribution >= 4 is 0 Å². The van der Waals surface area contributed by atoms with Gasteiger partial charge in [-0.1, -0.05) is 6.07 Å². The van der Waals surface area contributed by atoms with Crippen molar-refractivity contribution < 1.29 is 0 Å². The first kappa shape index (κ1) is 11.7. The number of pyridine rings is 1. The molecule has 1 heterocycles.